The molecule has 104 valence electrons. The van der Waals surface area contributed by atoms with Crippen LogP contribution in [0.1, 0.15) is 20.3 Å². The first-order chi connectivity index (χ1) is 8.01. The predicted molar refractivity (Wildman–Crippen MR) is 75.0 cm³/mol. The molecule has 17 heavy (non-hydrogen) atoms. The number of nitrogens with two attached hydrogens (primary N) is 1. The van der Waals surface area contributed by atoms with Gasteiger partial charge in [-0.25, -0.2) is 0 Å². The van der Waals surface area contributed by atoms with E-state index in [0.717, 1.165) is 23.2 Å². The topological polar surface area (TPSA) is 59.8 Å². The number of likely N-dealkylation sites (N-methyl/N-ethyl adjacent to an activating group) is 1. The van der Waals surface area contributed by atoms with E-state index in [-0.39, 0.29) is 0 Å². The summed E-state index contributed by atoms with van der Waals surface area (Å²) in [5.74, 6) is -0.656. The minimum absolute atomic E-state index is 0.339. The SMILES string of the molecule is CCC(OC)(OC)N(CC(C)NC)C([SiH3])CN. The van der Waals surface area contributed by atoms with E-state index in [9.17, 15) is 0 Å². The van der Waals surface area contributed by atoms with Gasteiger partial charge in [0.2, 0.25) is 5.91 Å². The van der Waals surface area contributed by atoms with Crippen LogP contribution < -0.4 is 11.1 Å². The highest BCUT2D eigenvalue weighted by Crippen LogP contribution is 2.23. The van der Waals surface area contributed by atoms with Crippen molar-refractivity contribution in [1.29, 1.82) is 0 Å². The number of nitrogens with zero attached hydrogens (tertiary/aromatic N) is 1. The Morgan fingerprint density at radius 3 is 2.24 bits per heavy atom. The van der Waals surface area contributed by atoms with Gasteiger partial charge in [0.25, 0.3) is 0 Å². The van der Waals surface area contributed by atoms with E-state index in [0.29, 0.717) is 18.3 Å². The Bertz CT molecular complexity index is 195. The van der Waals surface area contributed by atoms with Crippen LogP contribution in [0.2, 0.25) is 0 Å². The van der Waals surface area contributed by atoms with E-state index in [1.54, 1.807) is 14.2 Å². The average molecular weight is 263 g/mol. The maximum absolute atomic E-state index is 5.81. The molecule has 0 radical (unpaired) electrons. The smallest absolute Gasteiger partial charge is 0.229 e. The molecule has 2 unspecified atom stereocenters. The first-order valence-corrected chi connectivity index (χ1v) is 7.41. The minimum atomic E-state index is -0.656. The lowest BCUT2D eigenvalue weighted by Crippen LogP contribution is -2.60. The molecule has 0 aliphatic rings. The van der Waals surface area contributed by atoms with E-state index >= 15 is 0 Å². The molecular formula is C11H29N3O2Si. The van der Waals surface area contributed by atoms with E-state index in [1.165, 1.54) is 0 Å². The van der Waals surface area contributed by atoms with Gasteiger partial charge >= 0.3 is 0 Å². The zero-order valence-corrected chi connectivity index (χ0v) is 14.1. The van der Waals surface area contributed by atoms with Gasteiger partial charge in [0.05, 0.1) is 0 Å². The van der Waals surface area contributed by atoms with Crippen molar-refractivity contribution in [3.63, 3.8) is 0 Å². The molecule has 0 bridgehead atoms. The maximum Gasteiger partial charge on any atom is 0.229 e. The third kappa shape index (κ3) is 4.31. The third-order valence-electron chi connectivity index (χ3n) is 3.36. The summed E-state index contributed by atoms with van der Waals surface area (Å²) in [6, 6.07) is 0.370. The van der Waals surface area contributed by atoms with Crippen LogP contribution in [0.25, 0.3) is 0 Å². The molecule has 0 aromatic rings. The van der Waals surface area contributed by atoms with Gasteiger partial charge < -0.3 is 20.5 Å². The Balaban J connectivity index is 4.98. The Kier molecular flexibility index (Phi) is 8.19. The molecule has 2 atom stereocenters. The Morgan fingerprint density at radius 2 is 1.94 bits per heavy atom. The fourth-order valence-corrected chi connectivity index (χ4v) is 2.58. The molecule has 5 nitrogen and oxygen atoms in total. The van der Waals surface area contributed by atoms with Crippen molar-refractivity contribution in [1.82, 2.24) is 10.2 Å². The number of rotatable bonds is 9. The zero-order chi connectivity index (χ0) is 13.5. The molecule has 0 heterocycles. The second-order valence-corrected chi connectivity index (χ2v) is 5.73. The van der Waals surface area contributed by atoms with Crippen LogP contribution in [0.15, 0.2) is 0 Å². The molecule has 6 heteroatoms. The molecule has 0 aliphatic carbocycles. The summed E-state index contributed by atoms with van der Waals surface area (Å²) in [4.78, 5) is 2.24. The van der Waals surface area contributed by atoms with E-state index < -0.39 is 5.91 Å². The van der Waals surface area contributed by atoms with Gasteiger partial charge in [-0.1, -0.05) is 6.92 Å². The van der Waals surface area contributed by atoms with Crippen molar-refractivity contribution >= 4 is 10.2 Å². The Labute approximate surface area is 108 Å². The summed E-state index contributed by atoms with van der Waals surface area (Å²) < 4.78 is 11.2. The zero-order valence-electron chi connectivity index (χ0n) is 12.1. The second-order valence-electron chi connectivity index (χ2n) is 4.40. The van der Waals surface area contributed by atoms with Crippen molar-refractivity contribution in [3.8, 4) is 0 Å². The molecule has 0 aliphatic heterocycles. The van der Waals surface area contributed by atoms with Crippen molar-refractivity contribution in [2.24, 2.45) is 5.73 Å². The monoisotopic (exact) mass is 263 g/mol. The van der Waals surface area contributed by atoms with Gasteiger partial charge in [0, 0.05) is 55.7 Å². The molecule has 0 spiro atoms. The highest BCUT2D eigenvalue weighted by Gasteiger charge is 2.38. The standard InChI is InChI=1S/C11H29N3O2Si/c1-6-11(15-4,16-5)14(10(17)7-12)8-9(2)13-3/h9-10,13H,6-8,12H2,1-5,17H3. The molecular weight excluding hydrogens is 234 g/mol. The number of hydrogen-bond acceptors (Lipinski definition) is 5. The molecule has 0 rings (SSSR count). The first kappa shape index (κ1) is 17.0. The van der Waals surface area contributed by atoms with Gasteiger partial charge in [0.1, 0.15) is 0 Å². The van der Waals surface area contributed by atoms with Crippen molar-refractivity contribution in [2.45, 2.75) is 37.9 Å². The first-order valence-electron chi connectivity index (χ1n) is 6.25. The summed E-state index contributed by atoms with van der Waals surface area (Å²) in [7, 11) is 6.33. The Hall–Kier alpha value is 0.0169. The van der Waals surface area contributed by atoms with E-state index in [4.69, 9.17) is 15.2 Å². The van der Waals surface area contributed by atoms with Crippen LogP contribution in [0, 0.1) is 0 Å². The molecule has 0 saturated carbocycles. The summed E-state index contributed by atoms with van der Waals surface area (Å²) in [6.07, 6.45) is 0.773. The van der Waals surface area contributed by atoms with E-state index in [1.807, 2.05) is 7.05 Å². The van der Waals surface area contributed by atoms with Crippen molar-refractivity contribution in [2.75, 3.05) is 34.4 Å². The second kappa shape index (κ2) is 8.18. The van der Waals surface area contributed by atoms with Gasteiger partial charge in [-0.05, 0) is 14.0 Å². The molecule has 0 aromatic heterocycles. The summed E-state index contributed by atoms with van der Waals surface area (Å²) in [5, 5.41) is 3.24. The van der Waals surface area contributed by atoms with Crippen LogP contribution in [0.3, 0.4) is 0 Å². The highest BCUT2D eigenvalue weighted by molar-refractivity contribution is 6.11. The van der Waals surface area contributed by atoms with Crippen LogP contribution in [0.4, 0.5) is 0 Å². The quantitative estimate of drug-likeness (QED) is 0.409. The molecule has 0 amide bonds. The number of methoxy groups -OCH3 is 2. The summed E-state index contributed by atoms with van der Waals surface area (Å²) in [6.45, 7) is 5.70. The predicted octanol–water partition coefficient (Wildman–Crippen LogP) is -1.10. The van der Waals surface area contributed by atoms with Gasteiger partial charge in [0.15, 0.2) is 0 Å². The van der Waals surface area contributed by atoms with Gasteiger partial charge in [-0.15, -0.1) is 0 Å². The van der Waals surface area contributed by atoms with Crippen LogP contribution >= 0.6 is 0 Å². The normalized spacial score (nSPS) is 16.4. The maximum atomic E-state index is 5.81. The molecule has 3 N–H and O–H groups in total. The van der Waals surface area contributed by atoms with Gasteiger partial charge in [-0.3, -0.25) is 4.90 Å². The molecule has 0 saturated heterocycles. The number of ether oxygens (including phenoxy) is 2. The molecule has 0 aromatic carbocycles. The Morgan fingerprint density at radius 1 is 1.41 bits per heavy atom. The van der Waals surface area contributed by atoms with E-state index in [2.05, 4.69) is 24.1 Å². The summed E-state index contributed by atoms with van der Waals surface area (Å²) in [5.41, 5.74) is 6.15. The lowest BCUT2D eigenvalue weighted by Gasteiger charge is -2.45. The highest BCUT2D eigenvalue weighted by atomic mass is 28.1. The van der Waals surface area contributed by atoms with Crippen LogP contribution in [0.5, 0.6) is 0 Å². The average Bonchev–Trinajstić information content (AvgIpc) is 2.38. The van der Waals surface area contributed by atoms with Crippen molar-refractivity contribution in [3.05, 3.63) is 0 Å². The molecule has 0 fully saturated rings. The van der Waals surface area contributed by atoms with Crippen LogP contribution in [-0.4, -0.2) is 67.1 Å². The minimum Gasteiger partial charge on any atom is -0.341 e. The largest absolute Gasteiger partial charge is 0.341 e. The number of hydrogen-bond donors (Lipinski definition) is 2. The lowest BCUT2D eigenvalue weighted by molar-refractivity contribution is -0.301. The number of nitrogens with one attached hydrogen (secondary N) is 1. The van der Waals surface area contributed by atoms with Crippen molar-refractivity contribution < 1.29 is 9.47 Å². The fraction of sp³-hybridized carbons (Fsp3) is 1.00. The third-order valence-corrected chi connectivity index (χ3v) is 4.45. The van der Waals surface area contributed by atoms with Crippen LogP contribution in [-0.2, 0) is 9.47 Å². The lowest BCUT2D eigenvalue weighted by atomic mass is 10.2. The van der Waals surface area contributed by atoms with Gasteiger partial charge in [-0.2, -0.15) is 0 Å². The summed E-state index contributed by atoms with van der Waals surface area (Å²) >= 11 is 0. The fourth-order valence-electron chi connectivity index (χ4n) is 1.98.